The number of benzene rings is 1. The van der Waals surface area contributed by atoms with Gasteiger partial charge in [-0.3, -0.25) is 0 Å². The summed E-state index contributed by atoms with van der Waals surface area (Å²) in [7, 11) is 0. The molecule has 0 spiro atoms. The van der Waals surface area contributed by atoms with Crippen LogP contribution in [0.4, 0.5) is 0 Å². The van der Waals surface area contributed by atoms with Gasteiger partial charge in [-0.05, 0) is 17.7 Å². The molecule has 0 bridgehead atoms. The third-order valence-corrected chi connectivity index (χ3v) is 1.58. The summed E-state index contributed by atoms with van der Waals surface area (Å²) < 4.78 is 1.10. The van der Waals surface area contributed by atoms with Gasteiger partial charge < -0.3 is 2.85 Å². The normalized spacial score (nSPS) is 8.10. The van der Waals surface area contributed by atoms with Crippen molar-refractivity contribution in [1.29, 1.82) is 0 Å². The summed E-state index contributed by atoms with van der Waals surface area (Å²) in [4.78, 5) is 0. The van der Waals surface area contributed by atoms with E-state index >= 15 is 0 Å². The largest absolute Gasteiger partial charge is 2.00 e. The summed E-state index contributed by atoms with van der Waals surface area (Å²) in [5, 5.41) is 0. The molecule has 0 saturated heterocycles. The Morgan fingerprint density at radius 2 is 2.20 bits per heavy atom. The van der Waals surface area contributed by atoms with Crippen LogP contribution in [0.3, 0.4) is 0 Å². The van der Waals surface area contributed by atoms with Crippen LogP contribution in [0.2, 0.25) is 0 Å². The van der Waals surface area contributed by atoms with E-state index in [1.807, 2.05) is 30.3 Å². The quantitative estimate of drug-likeness (QED) is 0.624. The van der Waals surface area contributed by atoms with Crippen LogP contribution in [-0.2, 0) is 0 Å². The molecule has 0 saturated carbocycles. The minimum atomic E-state index is 0. The molecule has 0 aliphatic heterocycles. The third kappa shape index (κ3) is 2.86. The molecule has 0 unspecified atom stereocenters. The maximum absolute atomic E-state index is 3.65. The van der Waals surface area contributed by atoms with Crippen LogP contribution in [0.5, 0.6) is 0 Å². The second kappa shape index (κ2) is 4.94. The van der Waals surface area contributed by atoms with Gasteiger partial charge in [-0.25, -0.2) is 0 Å². The molecule has 0 atom stereocenters. The van der Waals surface area contributed by atoms with Gasteiger partial charge in [0.25, 0.3) is 0 Å². The second-order valence-corrected chi connectivity index (χ2v) is 2.67. The monoisotopic (exact) mass is 208 g/mol. The molecule has 0 heterocycles. The summed E-state index contributed by atoms with van der Waals surface area (Å²) in [6.45, 7) is 3.65. The molecule has 0 fully saturated rings. The SMILES string of the molecule is C=Cc1cccc(Br)c1.[H-].[H-].[Mg+2]. The van der Waals surface area contributed by atoms with E-state index in [1.54, 1.807) is 0 Å². The first-order valence-corrected chi connectivity index (χ1v) is 3.50. The molecule has 1 rings (SSSR count). The Morgan fingerprint density at radius 1 is 1.50 bits per heavy atom. The maximum atomic E-state index is 3.65. The summed E-state index contributed by atoms with van der Waals surface area (Å²) in [5.74, 6) is 0. The maximum Gasteiger partial charge on any atom is 2.00 e. The van der Waals surface area contributed by atoms with Gasteiger partial charge in [0, 0.05) is 4.47 Å². The Bertz CT molecular complexity index is 228. The van der Waals surface area contributed by atoms with E-state index in [-0.39, 0.29) is 25.9 Å². The minimum Gasteiger partial charge on any atom is -1.00 e. The van der Waals surface area contributed by atoms with E-state index in [0.717, 1.165) is 10.0 Å². The van der Waals surface area contributed by atoms with Gasteiger partial charge in [0.15, 0.2) is 0 Å². The molecular weight excluding hydrogens is 200 g/mol. The molecule has 1 aromatic rings. The summed E-state index contributed by atoms with van der Waals surface area (Å²) >= 11 is 3.36. The van der Waals surface area contributed by atoms with Crippen molar-refractivity contribution < 1.29 is 2.85 Å². The van der Waals surface area contributed by atoms with Gasteiger partial charge in [0.1, 0.15) is 0 Å². The first-order chi connectivity index (χ1) is 4.33. The molecule has 1 aromatic carbocycles. The minimum absolute atomic E-state index is 0. The van der Waals surface area contributed by atoms with Crippen molar-refractivity contribution in [2.45, 2.75) is 0 Å². The molecule has 0 aromatic heterocycles. The molecule has 50 valence electrons. The second-order valence-electron chi connectivity index (χ2n) is 1.76. The van der Waals surface area contributed by atoms with Gasteiger partial charge in [-0.2, -0.15) is 0 Å². The molecule has 0 nitrogen and oxygen atoms in total. The van der Waals surface area contributed by atoms with Crippen LogP contribution in [0.1, 0.15) is 8.42 Å². The van der Waals surface area contributed by atoms with Crippen molar-refractivity contribution in [2.24, 2.45) is 0 Å². The number of halogens is 1. The topological polar surface area (TPSA) is 0 Å². The van der Waals surface area contributed by atoms with Gasteiger partial charge >= 0.3 is 23.1 Å². The smallest absolute Gasteiger partial charge is 1.00 e. The Labute approximate surface area is 88.6 Å². The molecule has 0 aliphatic carbocycles. The van der Waals surface area contributed by atoms with Crippen LogP contribution < -0.4 is 0 Å². The fraction of sp³-hybridized carbons (Fsp3) is 0. The molecule has 10 heavy (non-hydrogen) atoms. The molecule has 0 N–H and O–H groups in total. The Hall–Kier alpha value is 0.206. The first-order valence-electron chi connectivity index (χ1n) is 2.71. The van der Waals surface area contributed by atoms with Gasteiger partial charge in [0.05, 0.1) is 0 Å². The van der Waals surface area contributed by atoms with Crippen LogP contribution in [0, 0.1) is 0 Å². The van der Waals surface area contributed by atoms with E-state index in [4.69, 9.17) is 0 Å². The third-order valence-electron chi connectivity index (χ3n) is 1.08. The molecule has 0 aliphatic rings. The predicted molar refractivity (Wildman–Crippen MR) is 52.2 cm³/mol. The van der Waals surface area contributed by atoms with Crippen LogP contribution in [0.25, 0.3) is 6.08 Å². The Balaban J connectivity index is -0.000000270. The summed E-state index contributed by atoms with van der Waals surface area (Å²) in [6.07, 6.45) is 1.82. The zero-order valence-electron chi connectivity index (χ0n) is 7.68. The van der Waals surface area contributed by atoms with Gasteiger partial charge in [0.2, 0.25) is 0 Å². The van der Waals surface area contributed by atoms with Gasteiger partial charge in [-0.1, -0.05) is 40.7 Å². The van der Waals surface area contributed by atoms with Crippen molar-refractivity contribution in [3.8, 4) is 0 Å². The molecule has 0 radical (unpaired) electrons. The van der Waals surface area contributed by atoms with Crippen LogP contribution in [0.15, 0.2) is 35.3 Å². The Kier molecular flexibility index (Phi) is 5.04. The fourth-order valence-electron chi connectivity index (χ4n) is 0.634. The number of hydrogen-bond donors (Lipinski definition) is 0. The number of hydrogen-bond acceptors (Lipinski definition) is 0. The zero-order chi connectivity index (χ0) is 6.69. The van der Waals surface area contributed by atoms with Crippen molar-refractivity contribution in [3.63, 3.8) is 0 Å². The van der Waals surface area contributed by atoms with E-state index < -0.39 is 0 Å². The fourth-order valence-corrected chi connectivity index (χ4v) is 1.05. The molecular formula is C8H9BrMg. The van der Waals surface area contributed by atoms with Crippen molar-refractivity contribution >= 4 is 45.1 Å². The summed E-state index contributed by atoms with van der Waals surface area (Å²) in [6, 6.07) is 8.01. The van der Waals surface area contributed by atoms with E-state index in [2.05, 4.69) is 22.5 Å². The van der Waals surface area contributed by atoms with E-state index in [0.29, 0.717) is 0 Å². The molecule has 0 amide bonds. The zero-order valence-corrected chi connectivity index (χ0v) is 8.68. The summed E-state index contributed by atoms with van der Waals surface area (Å²) in [5.41, 5.74) is 1.14. The van der Waals surface area contributed by atoms with Crippen molar-refractivity contribution in [2.75, 3.05) is 0 Å². The number of rotatable bonds is 1. The van der Waals surface area contributed by atoms with Crippen LogP contribution in [-0.4, -0.2) is 23.1 Å². The standard InChI is InChI=1S/C8H7Br.Mg.2H/c1-2-7-4-3-5-8(9)6-7;;;/h2-6H,1H2;;;/q;+2;2*-1. The average Bonchev–Trinajstić information content (AvgIpc) is 1.88. The van der Waals surface area contributed by atoms with Gasteiger partial charge in [-0.15, -0.1) is 0 Å². The van der Waals surface area contributed by atoms with E-state index in [9.17, 15) is 0 Å². The van der Waals surface area contributed by atoms with Crippen molar-refractivity contribution in [1.82, 2.24) is 0 Å². The Morgan fingerprint density at radius 3 is 2.60 bits per heavy atom. The van der Waals surface area contributed by atoms with E-state index in [1.165, 1.54) is 0 Å². The van der Waals surface area contributed by atoms with Crippen LogP contribution >= 0.6 is 15.9 Å². The first kappa shape index (κ1) is 10.2. The molecule has 2 heteroatoms. The van der Waals surface area contributed by atoms with Crippen molar-refractivity contribution in [3.05, 3.63) is 40.9 Å². The predicted octanol–water partition coefficient (Wildman–Crippen LogP) is 2.94. The average molecular weight is 209 g/mol.